The number of imidazole rings is 1. The van der Waals surface area contributed by atoms with Gasteiger partial charge in [0.1, 0.15) is 30.3 Å². The SMILES string of the molecule is CC[C@H]1CC[C@@H](c2ncc(-c3ccc4c(c3)COc3cc5c6c(ccc5cc3-4)N=C([C@@H]3C[C@H](COC)CN3C(=O)[C@@H](NC(=O)OC)C(C)C)C6)[nH]2)N1C(=O)[C@@H](NC(=O)OC)C(C)C. The zero-order valence-corrected chi connectivity index (χ0v) is 37.4. The van der Waals surface area contributed by atoms with Crippen LogP contribution in [0, 0.1) is 17.8 Å². The van der Waals surface area contributed by atoms with E-state index < -0.39 is 24.3 Å². The van der Waals surface area contributed by atoms with Crippen LogP contribution < -0.4 is 15.4 Å². The topological polar surface area (TPSA) is 177 Å². The number of nitrogens with zero attached hydrogens (tertiary/aromatic N) is 4. The third-order valence-corrected chi connectivity index (χ3v) is 13.3. The van der Waals surface area contributed by atoms with Crippen LogP contribution in [0.3, 0.4) is 0 Å². The lowest BCUT2D eigenvalue weighted by molar-refractivity contribution is -0.138. The molecule has 2 saturated heterocycles. The molecule has 0 radical (unpaired) electrons. The van der Waals surface area contributed by atoms with Crippen LogP contribution in [0.1, 0.15) is 83.3 Å². The van der Waals surface area contributed by atoms with Gasteiger partial charge in [-0.25, -0.2) is 14.6 Å². The average molecular weight is 862 g/mol. The molecular formula is C48H59N7O8. The summed E-state index contributed by atoms with van der Waals surface area (Å²) < 4.78 is 21.7. The molecule has 8 rings (SSSR count). The lowest BCUT2D eigenvalue weighted by Gasteiger charge is -2.34. The summed E-state index contributed by atoms with van der Waals surface area (Å²) in [4.78, 5) is 69.8. The number of rotatable bonds is 12. The van der Waals surface area contributed by atoms with Crippen LogP contribution >= 0.6 is 0 Å². The maximum Gasteiger partial charge on any atom is 0.407 e. The molecule has 0 unspecified atom stereocenters. The highest BCUT2D eigenvalue weighted by molar-refractivity contribution is 6.06. The highest BCUT2D eigenvalue weighted by atomic mass is 16.5. The zero-order chi connectivity index (χ0) is 44.7. The summed E-state index contributed by atoms with van der Waals surface area (Å²) in [5.41, 5.74) is 7.90. The van der Waals surface area contributed by atoms with E-state index in [4.69, 9.17) is 28.9 Å². The molecule has 5 heterocycles. The maximum absolute atomic E-state index is 14.1. The number of H-pyrrole nitrogens is 1. The number of amides is 4. The van der Waals surface area contributed by atoms with E-state index in [0.29, 0.717) is 26.2 Å². The Bertz CT molecular complexity index is 2440. The fourth-order valence-electron chi connectivity index (χ4n) is 10.0. The molecule has 2 fully saturated rings. The molecule has 1 aromatic heterocycles. The van der Waals surface area contributed by atoms with Crippen molar-refractivity contribution < 1.29 is 38.1 Å². The fraction of sp³-hybridized carbons (Fsp3) is 0.500. The van der Waals surface area contributed by atoms with Crippen molar-refractivity contribution in [2.45, 2.75) is 104 Å². The second-order valence-electron chi connectivity index (χ2n) is 17.9. The Morgan fingerprint density at radius 3 is 2.30 bits per heavy atom. The van der Waals surface area contributed by atoms with Crippen LogP contribution in [0.15, 0.2) is 53.7 Å². The third kappa shape index (κ3) is 8.34. The van der Waals surface area contributed by atoms with Crippen LogP contribution in [0.4, 0.5) is 15.3 Å². The second kappa shape index (κ2) is 18.0. The first-order chi connectivity index (χ1) is 30.3. The van der Waals surface area contributed by atoms with E-state index in [1.165, 1.54) is 14.2 Å². The number of aromatic amines is 1. The number of hydrogen-bond acceptors (Lipinski definition) is 10. The number of aliphatic imine (C=N–C) groups is 1. The van der Waals surface area contributed by atoms with E-state index in [2.05, 4.69) is 65.0 Å². The van der Waals surface area contributed by atoms with E-state index in [0.717, 1.165) is 92.9 Å². The van der Waals surface area contributed by atoms with Gasteiger partial charge in [-0.15, -0.1) is 0 Å². The lowest BCUT2D eigenvalue weighted by atomic mass is 9.90. The van der Waals surface area contributed by atoms with Crippen molar-refractivity contribution in [2.24, 2.45) is 22.7 Å². The van der Waals surface area contributed by atoms with E-state index in [1.54, 1.807) is 7.11 Å². The van der Waals surface area contributed by atoms with Crippen LogP contribution in [0.2, 0.25) is 0 Å². The molecule has 4 amide bonds. The van der Waals surface area contributed by atoms with Crippen molar-refractivity contribution >= 4 is 46.2 Å². The molecule has 3 aromatic carbocycles. The van der Waals surface area contributed by atoms with Crippen molar-refractivity contribution in [1.82, 2.24) is 30.4 Å². The summed E-state index contributed by atoms with van der Waals surface area (Å²) in [5.74, 6) is 1.11. The molecule has 4 aliphatic heterocycles. The van der Waals surface area contributed by atoms with Crippen molar-refractivity contribution in [2.75, 3.05) is 34.5 Å². The van der Waals surface area contributed by atoms with E-state index >= 15 is 0 Å². The van der Waals surface area contributed by atoms with Crippen LogP contribution in [0.5, 0.6) is 5.75 Å². The van der Waals surface area contributed by atoms with Gasteiger partial charge in [-0.05, 0) is 94.8 Å². The van der Waals surface area contributed by atoms with Gasteiger partial charge < -0.3 is 44.4 Å². The number of fused-ring (bicyclic) bond motifs is 6. The molecule has 4 aliphatic rings. The first-order valence-corrected chi connectivity index (χ1v) is 22.1. The summed E-state index contributed by atoms with van der Waals surface area (Å²) in [5, 5.41) is 7.65. The molecule has 0 saturated carbocycles. The molecule has 0 spiro atoms. The first kappa shape index (κ1) is 43.7. The molecule has 0 aliphatic carbocycles. The minimum atomic E-state index is -0.735. The number of aromatic nitrogens is 2. The first-order valence-electron chi connectivity index (χ1n) is 22.1. The van der Waals surface area contributed by atoms with Gasteiger partial charge in [0.15, 0.2) is 0 Å². The smallest absolute Gasteiger partial charge is 0.407 e. The Balaban J connectivity index is 1.02. The minimum Gasteiger partial charge on any atom is -0.488 e. The van der Waals surface area contributed by atoms with Crippen molar-refractivity contribution in [1.29, 1.82) is 0 Å². The fourth-order valence-corrected chi connectivity index (χ4v) is 10.0. The summed E-state index contributed by atoms with van der Waals surface area (Å²) in [6.45, 7) is 11.2. The Labute approximate surface area is 368 Å². The van der Waals surface area contributed by atoms with Crippen molar-refractivity contribution in [3.63, 3.8) is 0 Å². The van der Waals surface area contributed by atoms with Gasteiger partial charge in [-0.2, -0.15) is 0 Å². The van der Waals surface area contributed by atoms with E-state index in [9.17, 15) is 19.2 Å². The van der Waals surface area contributed by atoms with Gasteiger partial charge in [0, 0.05) is 43.3 Å². The average Bonchev–Trinajstić information content (AvgIpc) is 4.11. The van der Waals surface area contributed by atoms with Crippen LogP contribution in [-0.2, 0) is 36.8 Å². The standard InChI is InChI=1S/C48H59N7O8/c1-9-31-12-15-39(55(31)46(57)43(26(4)5)53-48(59)62-8)44-49-21-38(51-44)29-10-13-32-30(17-29)24-63-41-20-33-28(18-35(32)41)11-14-36-34(33)19-37(50-36)40-16-27(23-60-6)22-54(40)45(56)42(25(2)3)52-47(58)61-7/h10-11,13-14,17-18,20-21,25-27,31,39-40,42-43H,9,12,15-16,19,22-24H2,1-8H3,(H,49,51)(H,52,58)(H,53,59)/t27-,31-,39-,40-,42-,43-/m0/s1. The predicted molar refractivity (Wildman–Crippen MR) is 239 cm³/mol. The molecule has 15 nitrogen and oxygen atoms in total. The number of methoxy groups -OCH3 is 3. The number of benzene rings is 3. The van der Waals surface area contributed by atoms with Crippen LogP contribution in [0.25, 0.3) is 33.2 Å². The van der Waals surface area contributed by atoms with Gasteiger partial charge in [0.05, 0.1) is 50.5 Å². The Hall–Kier alpha value is -5.96. The van der Waals surface area contributed by atoms with Crippen molar-refractivity contribution in [3.05, 3.63) is 65.6 Å². The third-order valence-electron chi connectivity index (χ3n) is 13.3. The zero-order valence-electron chi connectivity index (χ0n) is 37.4. The second-order valence-corrected chi connectivity index (χ2v) is 17.9. The number of carbonyl (C=O) groups excluding carboxylic acids is 4. The van der Waals surface area contributed by atoms with E-state index in [-0.39, 0.29) is 47.7 Å². The number of alkyl carbamates (subject to hydrolysis) is 2. The highest BCUT2D eigenvalue weighted by Crippen LogP contribution is 2.45. The van der Waals surface area contributed by atoms with Gasteiger partial charge in [0.2, 0.25) is 11.8 Å². The maximum atomic E-state index is 14.1. The Kier molecular flexibility index (Phi) is 12.5. The molecule has 6 atom stereocenters. The molecule has 3 N–H and O–H groups in total. The monoisotopic (exact) mass is 861 g/mol. The number of carbonyl (C=O) groups is 4. The summed E-state index contributed by atoms with van der Waals surface area (Å²) >= 11 is 0. The molecule has 15 heteroatoms. The summed E-state index contributed by atoms with van der Waals surface area (Å²) in [7, 11) is 4.27. The molecule has 63 heavy (non-hydrogen) atoms. The van der Waals surface area contributed by atoms with Gasteiger partial charge in [-0.1, -0.05) is 52.8 Å². The molecule has 4 aromatic rings. The van der Waals surface area contributed by atoms with Gasteiger partial charge in [0.25, 0.3) is 0 Å². The van der Waals surface area contributed by atoms with Crippen LogP contribution in [-0.4, -0.2) is 108 Å². The van der Waals surface area contributed by atoms with Gasteiger partial charge >= 0.3 is 12.2 Å². The quantitative estimate of drug-likeness (QED) is 0.130. The summed E-state index contributed by atoms with van der Waals surface area (Å²) in [6, 6.07) is 12.9. The number of hydrogen-bond donors (Lipinski definition) is 3. The molecule has 334 valence electrons. The number of nitrogens with one attached hydrogen (secondary N) is 3. The Morgan fingerprint density at radius 1 is 0.889 bits per heavy atom. The normalized spacial score (nSPS) is 21.1. The Morgan fingerprint density at radius 2 is 1.62 bits per heavy atom. The minimum absolute atomic E-state index is 0.0347. The van der Waals surface area contributed by atoms with Crippen molar-refractivity contribution in [3.8, 4) is 28.1 Å². The number of likely N-dealkylation sites (tertiary alicyclic amines) is 2. The molecular weight excluding hydrogens is 803 g/mol. The lowest BCUT2D eigenvalue weighted by Crippen LogP contribution is -2.53. The van der Waals surface area contributed by atoms with E-state index in [1.807, 2.05) is 43.7 Å². The number of ether oxygens (including phenoxy) is 4. The molecule has 0 bridgehead atoms. The van der Waals surface area contributed by atoms with Gasteiger partial charge in [-0.3, -0.25) is 14.6 Å². The predicted octanol–water partition coefficient (Wildman–Crippen LogP) is 7.48. The summed E-state index contributed by atoms with van der Waals surface area (Å²) in [6.07, 6.45) is 4.29. The highest BCUT2D eigenvalue weighted by Gasteiger charge is 2.44. The largest absolute Gasteiger partial charge is 0.488 e.